The highest BCUT2D eigenvalue weighted by Gasteiger charge is 2.39. The smallest absolute Gasteiger partial charge is 0.410 e. The van der Waals surface area contributed by atoms with E-state index in [2.05, 4.69) is 10.4 Å². The van der Waals surface area contributed by atoms with Crippen molar-refractivity contribution in [2.24, 2.45) is 0 Å². The molecule has 132 valence electrons. The van der Waals surface area contributed by atoms with E-state index < -0.39 is 17.7 Å². The minimum Gasteiger partial charge on any atom is -0.478 e. The molecular weight excluding hydrogens is 312 g/mol. The van der Waals surface area contributed by atoms with Crippen molar-refractivity contribution in [1.29, 1.82) is 0 Å². The van der Waals surface area contributed by atoms with Crippen LogP contribution in [0.15, 0.2) is 6.07 Å². The summed E-state index contributed by atoms with van der Waals surface area (Å²) >= 11 is 0. The van der Waals surface area contributed by atoms with Crippen LogP contribution >= 0.6 is 0 Å². The van der Waals surface area contributed by atoms with Crippen LogP contribution < -0.4 is 10.1 Å². The van der Waals surface area contributed by atoms with E-state index in [1.54, 1.807) is 4.68 Å². The van der Waals surface area contributed by atoms with E-state index >= 15 is 0 Å². The summed E-state index contributed by atoms with van der Waals surface area (Å²) < 4.78 is 12.6. The molecule has 0 radical (unpaired) electrons. The molecule has 0 unspecified atom stereocenters. The van der Waals surface area contributed by atoms with Gasteiger partial charge < -0.3 is 14.8 Å². The van der Waals surface area contributed by atoms with Crippen LogP contribution in [0.2, 0.25) is 0 Å². The zero-order valence-electron chi connectivity index (χ0n) is 14.4. The fraction of sp³-hybridized carbons (Fsp3) is 0.688. The first-order valence-electron chi connectivity index (χ1n) is 8.30. The predicted molar refractivity (Wildman–Crippen MR) is 85.5 cm³/mol. The molecule has 1 N–H and O–H groups in total. The molecule has 24 heavy (non-hydrogen) atoms. The van der Waals surface area contributed by atoms with Gasteiger partial charge in [-0.15, -0.1) is 0 Å². The molecule has 2 aliphatic rings. The number of aryl methyl sites for hydroxylation is 1. The fourth-order valence-electron chi connectivity index (χ4n) is 2.70. The van der Waals surface area contributed by atoms with Gasteiger partial charge >= 0.3 is 6.09 Å². The minimum atomic E-state index is -0.566. The Labute approximate surface area is 141 Å². The van der Waals surface area contributed by atoms with Crippen LogP contribution in [0.25, 0.3) is 0 Å². The molecule has 0 spiro atoms. The standard InChI is InChI=1S/C16H24N4O4/c1-16(2,3)24-15(22)19-7-5-12(19)14(21)17-10-11-9-13-20(18-11)6-4-8-23-13/h9,12H,4-8,10H2,1-3H3,(H,17,21)/t12-/m1/s1. The third kappa shape index (κ3) is 3.63. The first-order chi connectivity index (χ1) is 11.3. The van der Waals surface area contributed by atoms with Crippen molar-refractivity contribution >= 4 is 12.0 Å². The highest BCUT2D eigenvalue weighted by Crippen LogP contribution is 2.22. The first-order valence-corrected chi connectivity index (χ1v) is 8.30. The van der Waals surface area contributed by atoms with Crippen LogP contribution in [0.3, 0.4) is 0 Å². The molecule has 0 saturated carbocycles. The SMILES string of the molecule is CC(C)(C)OC(=O)N1CC[C@@H]1C(=O)NCc1cc2n(n1)CCCO2. The number of hydrogen-bond acceptors (Lipinski definition) is 5. The summed E-state index contributed by atoms with van der Waals surface area (Å²) in [6.45, 7) is 7.82. The minimum absolute atomic E-state index is 0.181. The maximum atomic E-state index is 12.3. The van der Waals surface area contributed by atoms with Gasteiger partial charge in [0.05, 0.1) is 18.8 Å². The van der Waals surface area contributed by atoms with Crippen LogP contribution in [0.1, 0.15) is 39.3 Å². The second kappa shape index (κ2) is 6.33. The Balaban J connectivity index is 1.52. The molecule has 3 heterocycles. The molecular formula is C16H24N4O4. The van der Waals surface area contributed by atoms with Gasteiger partial charge in [-0.05, 0) is 27.2 Å². The molecule has 0 aromatic carbocycles. The lowest BCUT2D eigenvalue weighted by molar-refractivity contribution is -0.130. The van der Waals surface area contributed by atoms with Crippen molar-refractivity contribution in [3.8, 4) is 5.88 Å². The second-order valence-corrected chi connectivity index (χ2v) is 7.10. The number of hydrogen-bond donors (Lipinski definition) is 1. The second-order valence-electron chi connectivity index (χ2n) is 7.10. The quantitative estimate of drug-likeness (QED) is 0.899. The molecule has 2 amide bonds. The molecule has 3 rings (SSSR count). The molecule has 1 atom stereocenters. The monoisotopic (exact) mass is 336 g/mol. The number of amides is 2. The van der Waals surface area contributed by atoms with Gasteiger partial charge in [0.25, 0.3) is 0 Å². The van der Waals surface area contributed by atoms with E-state index in [4.69, 9.17) is 9.47 Å². The van der Waals surface area contributed by atoms with Crippen LogP contribution in [0, 0.1) is 0 Å². The third-order valence-corrected chi connectivity index (χ3v) is 3.95. The van der Waals surface area contributed by atoms with E-state index in [9.17, 15) is 9.59 Å². The van der Waals surface area contributed by atoms with Crippen molar-refractivity contribution < 1.29 is 19.1 Å². The van der Waals surface area contributed by atoms with Crippen LogP contribution in [0.5, 0.6) is 5.88 Å². The Morgan fingerprint density at radius 1 is 1.42 bits per heavy atom. The lowest BCUT2D eigenvalue weighted by atomic mass is 10.0. The molecule has 1 fully saturated rings. The van der Waals surface area contributed by atoms with E-state index in [-0.39, 0.29) is 5.91 Å². The zero-order chi connectivity index (χ0) is 17.3. The summed E-state index contributed by atoms with van der Waals surface area (Å²) in [5.41, 5.74) is 0.187. The van der Waals surface area contributed by atoms with Gasteiger partial charge in [0.1, 0.15) is 11.6 Å². The number of nitrogens with zero attached hydrogens (tertiary/aromatic N) is 3. The normalized spacial score (nSPS) is 19.8. The Morgan fingerprint density at radius 3 is 2.83 bits per heavy atom. The van der Waals surface area contributed by atoms with Gasteiger partial charge in [-0.3, -0.25) is 9.69 Å². The zero-order valence-corrected chi connectivity index (χ0v) is 14.4. The van der Waals surface area contributed by atoms with Crippen molar-refractivity contribution in [2.45, 2.75) is 58.3 Å². The van der Waals surface area contributed by atoms with E-state index in [1.807, 2.05) is 26.8 Å². The van der Waals surface area contributed by atoms with Crippen LogP contribution in [-0.2, 0) is 22.6 Å². The van der Waals surface area contributed by atoms with Crippen molar-refractivity contribution in [1.82, 2.24) is 20.0 Å². The van der Waals surface area contributed by atoms with Crippen molar-refractivity contribution in [3.05, 3.63) is 11.8 Å². The molecule has 0 aliphatic carbocycles. The largest absolute Gasteiger partial charge is 0.478 e. The average Bonchev–Trinajstić information content (AvgIpc) is 2.84. The number of rotatable bonds is 3. The molecule has 2 aliphatic heterocycles. The molecule has 1 aromatic rings. The fourth-order valence-corrected chi connectivity index (χ4v) is 2.70. The lowest BCUT2D eigenvalue weighted by Crippen LogP contribution is -2.59. The average molecular weight is 336 g/mol. The Bertz CT molecular complexity index is 611. The summed E-state index contributed by atoms with van der Waals surface area (Å²) in [6.07, 6.45) is 1.14. The maximum absolute atomic E-state index is 12.3. The lowest BCUT2D eigenvalue weighted by Gasteiger charge is -2.40. The van der Waals surface area contributed by atoms with E-state index in [0.29, 0.717) is 26.1 Å². The van der Waals surface area contributed by atoms with Gasteiger partial charge in [-0.1, -0.05) is 0 Å². The highest BCUT2D eigenvalue weighted by molar-refractivity contribution is 5.87. The first kappa shape index (κ1) is 16.6. The van der Waals surface area contributed by atoms with E-state index in [1.165, 1.54) is 4.90 Å². The van der Waals surface area contributed by atoms with Gasteiger partial charge in [-0.2, -0.15) is 5.10 Å². The number of carbonyl (C=O) groups is 2. The predicted octanol–water partition coefficient (Wildman–Crippen LogP) is 1.29. The summed E-state index contributed by atoms with van der Waals surface area (Å²) in [4.78, 5) is 25.8. The number of ether oxygens (including phenoxy) is 2. The van der Waals surface area contributed by atoms with Crippen LogP contribution in [-0.4, -0.2) is 51.5 Å². The Morgan fingerprint density at radius 2 is 2.21 bits per heavy atom. The molecule has 8 heteroatoms. The summed E-state index contributed by atoms with van der Waals surface area (Å²) in [7, 11) is 0. The van der Waals surface area contributed by atoms with E-state index in [0.717, 1.165) is 24.5 Å². The number of aromatic nitrogens is 2. The van der Waals surface area contributed by atoms with Crippen molar-refractivity contribution in [2.75, 3.05) is 13.2 Å². The highest BCUT2D eigenvalue weighted by atomic mass is 16.6. The van der Waals surface area contributed by atoms with Crippen LogP contribution in [0.4, 0.5) is 4.79 Å². The third-order valence-electron chi connectivity index (χ3n) is 3.95. The number of nitrogens with one attached hydrogen (secondary N) is 1. The molecule has 1 aromatic heterocycles. The molecule has 0 bridgehead atoms. The number of likely N-dealkylation sites (tertiary alicyclic amines) is 1. The van der Waals surface area contributed by atoms with Gasteiger partial charge in [0.2, 0.25) is 11.8 Å². The number of carbonyl (C=O) groups excluding carboxylic acids is 2. The van der Waals surface area contributed by atoms with Crippen molar-refractivity contribution in [3.63, 3.8) is 0 Å². The summed E-state index contributed by atoms with van der Waals surface area (Å²) in [5, 5.41) is 7.24. The maximum Gasteiger partial charge on any atom is 0.410 e. The summed E-state index contributed by atoms with van der Waals surface area (Å²) in [5.74, 6) is 0.559. The number of fused-ring (bicyclic) bond motifs is 1. The Kier molecular flexibility index (Phi) is 4.38. The topological polar surface area (TPSA) is 85.7 Å². The van der Waals surface area contributed by atoms with Gasteiger partial charge in [0, 0.05) is 25.6 Å². The van der Waals surface area contributed by atoms with Gasteiger partial charge in [0.15, 0.2) is 0 Å². The molecule has 8 nitrogen and oxygen atoms in total. The Hall–Kier alpha value is -2.25. The molecule has 1 saturated heterocycles. The van der Waals surface area contributed by atoms with Gasteiger partial charge in [-0.25, -0.2) is 9.48 Å². The summed E-state index contributed by atoms with van der Waals surface area (Å²) in [6, 6.07) is 1.37.